The fourth-order valence-corrected chi connectivity index (χ4v) is 3.65. The number of hydrazine groups is 1. The predicted octanol–water partition coefficient (Wildman–Crippen LogP) is 2.92. The molecule has 1 saturated carbocycles. The molecule has 0 bridgehead atoms. The summed E-state index contributed by atoms with van der Waals surface area (Å²) in [6.45, 7) is 3.17. The van der Waals surface area contributed by atoms with Gasteiger partial charge >= 0.3 is 0 Å². The Kier molecular flexibility index (Phi) is 3.97. The zero-order valence-corrected chi connectivity index (χ0v) is 12.5. The number of benzene rings is 1. The first-order valence-corrected chi connectivity index (χ1v) is 7.82. The average molecular weight is 285 g/mol. The van der Waals surface area contributed by atoms with Gasteiger partial charge in [-0.05, 0) is 50.2 Å². The quantitative estimate of drug-likeness (QED) is 0.517. The average Bonchev–Trinajstić information content (AvgIpc) is 2.93. The van der Waals surface area contributed by atoms with Crippen LogP contribution in [0.4, 0.5) is 0 Å². The Labute approximate surface area is 125 Å². The SMILES string of the molecule is CCn1cc(C2CCC(C(=O)NN)CC2)c2ccccc21. The number of nitrogens with two attached hydrogens (primary N) is 1. The molecule has 1 amide bonds. The minimum absolute atomic E-state index is 0.00978. The van der Waals surface area contributed by atoms with E-state index in [-0.39, 0.29) is 11.8 Å². The Hall–Kier alpha value is -1.81. The van der Waals surface area contributed by atoms with Gasteiger partial charge < -0.3 is 4.57 Å². The molecule has 1 aromatic carbocycles. The maximum Gasteiger partial charge on any atom is 0.236 e. The summed E-state index contributed by atoms with van der Waals surface area (Å²) in [6, 6.07) is 8.62. The molecule has 3 N–H and O–H groups in total. The van der Waals surface area contributed by atoms with Crippen molar-refractivity contribution in [2.45, 2.75) is 45.1 Å². The van der Waals surface area contributed by atoms with Crippen molar-refractivity contribution in [1.29, 1.82) is 0 Å². The molecule has 0 aliphatic heterocycles. The van der Waals surface area contributed by atoms with E-state index in [9.17, 15) is 4.79 Å². The van der Waals surface area contributed by atoms with Gasteiger partial charge in [0, 0.05) is 29.6 Å². The van der Waals surface area contributed by atoms with Crippen LogP contribution in [-0.4, -0.2) is 10.5 Å². The first kappa shape index (κ1) is 14.1. The van der Waals surface area contributed by atoms with E-state index >= 15 is 0 Å². The van der Waals surface area contributed by atoms with Crippen molar-refractivity contribution in [3.8, 4) is 0 Å². The van der Waals surface area contributed by atoms with Gasteiger partial charge in [0.2, 0.25) is 5.91 Å². The molecule has 0 saturated heterocycles. The summed E-state index contributed by atoms with van der Waals surface area (Å²) in [6.07, 6.45) is 6.29. The number of hydrogen-bond acceptors (Lipinski definition) is 2. The van der Waals surface area contributed by atoms with Gasteiger partial charge in [0.05, 0.1) is 0 Å². The molecule has 112 valence electrons. The van der Waals surface area contributed by atoms with Crippen molar-refractivity contribution >= 4 is 16.8 Å². The lowest BCUT2D eigenvalue weighted by molar-refractivity contribution is -0.126. The first-order valence-electron chi connectivity index (χ1n) is 7.82. The van der Waals surface area contributed by atoms with Crippen LogP contribution in [-0.2, 0) is 11.3 Å². The fraction of sp³-hybridized carbons (Fsp3) is 0.471. The van der Waals surface area contributed by atoms with Crippen LogP contribution in [0.25, 0.3) is 10.9 Å². The molecule has 1 aliphatic rings. The number of nitrogens with one attached hydrogen (secondary N) is 1. The number of nitrogens with zero attached hydrogens (tertiary/aromatic N) is 1. The van der Waals surface area contributed by atoms with Gasteiger partial charge in [-0.1, -0.05) is 18.2 Å². The van der Waals surface area contributed by atoms with Crippen molar-refractivity contribution in [3.63, 3.8) is 0 Å². The Morgan fingerprint density at radius 3 is 2.67 bits per heavy atom. The third kappa shape index (κ3) is 2.56. The maximum absolute atomic E-state index is 11.6. The van der Waals surface area contributed by atoms with Gasteiger partial charge in [-0.25, -0.2) is 5.84 Å². The topological polar surface area (TPSA) is 60.0 Å². The summed E-state index contributed by atoms with van der Waals surface area (Å²) in [5.41, 5.74) is 5.05. The number of aryl methyl sites for hydroxylation is 1. The van der Waals surface area contributed by atoms with E-state index < -0.39 is 0 Å². The number of para-hydroxylation sites is 1. The van der Waals surface area contributed by atoms with E-state index in [1.807, 2.05) is 0 Å². The van der Waals surface area contributed by atoms with Crippen LogP contribution in [0.15, 0.2) is 30.5 Å². The number of amides is 1. The van der Waals surface area contributed by atoms with E-state index in [0.29, 0.717) is 5.92 Å². The summed E-state index contributed by atoms with van der Waals surface area (Å²) in [5.74, 6) is 5.88. The zero-order valence-electron chi connectivity index (χ0n) is 12.5. The van der Waals surface area contributed by atoms with Gasteiger partial charge in [0.15, 0.2) is 0 Å². The Balaban J connectivity index is 1.84. The zero-order chi connectivity index (χ0) is 14.8. The fourth-order valence-electron chi connectivity index (χ4n) is 3.65. The number of aromatic nitrogens is 1. The van der Waals surface area contributed by atoms with Crippen molar-refractivity contribution in [2.75, 3.05) is 0 Å². The van der Waals surface area contributed by atoms with Crippen molar-refractivity contribution in [1.82, 2.24) is 9.99 Å². The largest absolute Gasteiger partial charge is 0.347 e. The molecular weight excluding hydrogens is 262 g/mol. The third-order valence-corrected chi connectivity index (χ3v) is 4.84. The standard InChI is InChI=1S/C17H23N3O/c1-2-20-11-15(14-5-3-4-6-16(14)20)12-7-9-13(10-8-12)17(21)19-18/h3-6,11-13H,2,7-10,18H2,1H3,(H,19,21). The lowest BCUT2D eigenvalue weighted by Gasteiger charge is -2.27. The van der Waals surface area contributed by atoms with E-state index in [1.54, 1.807) is 0 Å². The summed E-state index contributed by atoms with van der Waals surface area (Å²) in [5, 5.41) is 1.37. The monoisotopic (exact) mass is 285 g/mol. The van der Waals surface area contributed by atoms with Crippen LogP contribution >= 0.6 is 0 Å². The highest BCUT2D eigenvalue weighted by molar-refractivity contribution is 5.84. The molecule has 4 nitrogen and oxygen atoms in total. The van der Waals surface area contributed by atoms with Gasteiger partial charge in [-0.2, -0.15) is 0 Å². The molecule has 0 atom stereocenters. The second-order valence-corrected chi connectivity index (χ2v) is 5.94. The number of carbonyl (C=O) groups is 1. The normalized spacial score (nSPS) is 22.4. The van der Waals surface area contributed by atoms with Gasteiger partial charge in [0.1, 0.15) is 0 Å². The summed E-state index contributed by atoms with van der Waals surface area (Å²) >= 11 is 0. The van der Waals surface area contributed by atoms with E-state index in [0.717, 1.165) is 32.2 Å². The lowest BCUT2D eigenvalue weighted by atomic mass is 9.78. The van der Waals surface area contributed by atoms with E-state index in [4.69, 9.17) is 5.84 Å². The highest BCUT2D eigenvalue weighted by atomic mass is 16.2. The molecule has 1 fully saturated rings. The van der Waals surface area contributed by atoms with Crippen LogP contribution in [0.5, 0.6) is 0 Å². The second-order valence-electron chi connectivity index (χ2n) is 5.94. The molecule has 1 heterocycles. The number of carbonyl (C=O) groups excluding carboxylic acids is 1. The molecule has 21 heavy (non-hydrogen) atoms. The molecule has 0 radical (unpaired) electrons. The predicted molar refractivity (Wildman–Crippen MR) is 84.6 cm³/mol. The molecular formula is C17H23N3O. The van der Waals surface area contributed by atoms with Crippen LogP contribution in [0, 0.1) is 5.92 Å². The highest BCUT2D eigenvalue weighted by Crippen LogP contribution is 2.39. The second kappa shape index (κ2) is 5.90. The van der Waals surface area contributed by atoms with Crippen molar-refractivity contribution in [3.05, 3.63) is 36.0 Å². The maximum atomic E-state index is 11.6. The summed E-state index contributed by atoms with van der Waals surface area (Å²) in [4.78, 5) is 11.6. The van der Waals surface area contributed by atoms with Crippen LogP contribution in [0.2, 0.25) is 0 Å². The molecule has 1 aliphatic carbocycles. The van der Waals surface area contributed by atoms with Crippen LogP contribution in [0.1, 0.15) is 44.1 Å². The molecule has 1 aromatic heterocycles. The van der Waals surface area contributed by atoms with Crippen molar-refractivity contribution < 1.29 is 4.79 Å². The first-order chi connectivity index (χ1) is 10.2. The van der Waals surface area contributed by atoms with Crippen molar-refractivity contribution in [2.24, 2.45) is 11.8 Å². The Morgan fingerprint density at radius 1 is 1.29 bits per heavy atom. The minimum atomic E-state index is -0.00978. The molecule has 0 unspecified atom stereocenters. The van der Waals surface area contributed by atoms with Gasteiger partial charge in [-0.3, -0.25) is 10.2 Å². The van der Waals surface area contributed by atoms with Gasteiger partial charge in [0.25, 0.3) is 0 Å². The van der Waals surface area contributed by atoms with Gasteiger partial charge in [-0.15, -0.1) is 0 Å². The lowest BCUT2D eigenvalue weighted by Crippen LogP contribution is -2.37. The third-order valence-electron chi connectivity index (χ3n) is 4.84. The van der Waals surface area contributed by atoms with E-state index in [1.165, 1.54) is 16.5 Å². The smallest absolute Gasteiger partial charge is 0.236 e. The Bertz CT molecular complexity index is 639. The summed E-state index contributed by atoms with van der Waals surface area (Å²) in [7, 11) is 0. The van der Waals surface area contributed by atoms with Crippen LogP contribution < -0.4 is 11.3 Å². The molecule has 2 aromatic rings. The summed E-state index contributed by atoms with van der Waals surface area (Å²) < 4.78 is 2.32. The highest BCUT2D eigenvalue weighted by Gasteiger charge is 2.28. The number of hydrogen-bond donors (Lipinski definition) is 2. The molecule has 0 spiro atoms. The number of rotatable bonds is 3. The molecule has 4 heteroatoms. The number of fused-ring (bicyclic) bond motifs is 1. The molecule has 3 rings (SSSR count). The Morgan fingerprint density at radius 2 is 2.00 bits per heavy atom. The van der Waals surface area contributed by atoms with E-state index in [2.05, 4.69) is 47.4 Å². The minimum Gasteiger partial charge on any atom is -0.347 e. The van der Waals surface area contributed by atoms with Crippen LogP contribution in [0.3, 0.4) is 0 Å².